The molecule has 1 fully saturated rings. The van der Waals surface area contributed by atoms with Gasteiger partial charge in [0, 0.05) is 30.1 Å². The first-order valence-electron chi connectivity index (χ1n) is 10.0. The fourth-order valence-corrected chi connectivity index (χ4v) is 4.52. The summed E-state index contributed by atoms with van der Waals surface area (Å²) in [7, 11) is 0. The molecule has 0 aliphatic carbocycles. The molecule has 30 heavy (non-hydrogen) atoms. The van der Waals surface area contributed by atoms with E-state index in [9.17, 15) is 9.18 Å². The summed E-state index contributed by atoms with van der Waals surface area (Å²) in [6, 6.07) is 6.74. The number of halogens is 1. The summed E-state index contributed by atoms with van der Waals surface area (Å²) < 4.78 is 20.1. The fourth-order valence-electron chi connectivity index (χ4n) is 3.54. The maximum absolute atomic E-state index is 13.6. The zero-order valence-corrected chi connectivity index (χ0v) is 18.1. The summed E-state index contributed by atoms with van der Waals surface area (Å²) >= 11 is 1.55. The van der Waals surface area contributed by atoms with Crippen molar-refractivity contribution >= 4 is 33.5 Å². The Kier molecular flexibility index (Phi) is 5.60. The van der Waals surface area contributed by atoms with Gasteiger partial charge in [0.1, 0.15) is 23.6 Å². The molecule has 3 aromatic rings. The molecule has 1 aliphatic rings. The van der Waals surface area contributed by atoms with E-state index in [1.807, 2.05) is 32.2 Å². The Hall–Kier alpha value is -2.74. The van der Waals surface area contributed by atoms with Crippen molar-refractivity contribution in [2.24, 2.45) is 0 Å². The van der Waals surface area contributed by atoms with Crippen LogP contribution in [0, 0.1) is 5.82 Å². The van der Waals surface area contributed by atoms with Crippen molar-refractivity contribution < 1.29 is 13.9 Å². The molecule has 1 aromatic carbocycles. The lowest BCUT2D eigenvalue weighted by molar-refractivity contribution is 0.0210. The molecule has 0 unspecified atom stereocenters. The number of nitrogens with one attached hydrogen (secondary N) is 1. The van der Waals surface area contributed by atoms with Crippen molar-refractivity contribution in [3.8, 4) is 11.1 Å². The van der Waals surface area contributed by atoms with Crippen LogP contribution < -0.4 is 5.32 Å². The average Bonchev–Trinajstić information content (AvgIpc) is 3.12. The second-order valence-corrected chi connectivity index (χ2v) is 9.33. The number of anilines is 1. The summed E-state index contributed by atoms with van der Waals surface area (Å²) in [5, 5.41) is 5.50. The number of benzene rings is 1. The van der Waals surface area contributed by atoms with Gasteiger partial charge in [0.05, 0.1) is 10.2 Å². The van der Waals surface area contributed by atoms with E-state index in [1.165, 1.54) is 18.5 Å². The number of aromatic nitrogens is 2. The van der Waals surface area contributed by atoms with E-state index in [-0.39, 0.29) is 18.0 Å². The molecule has 0 spiro atoms. The van der Waals surface area contributed by atoms with Gasteiger partial charge < -0.3 is 15.0 Å². The number of carbonyl (C=O) groups is 1. The molecular formula is C22H25FN4O2S. The zero-order chi connectivity index (χ0) is 21.3. The molecule has 0 saturated carbocycles. The van der Waals surface area contributed by atoms with Gasteiger partial charge in [-0.3, -0.25) is 0 Å². The van der Waals surface area contributed by atoms with Gasteiger partial charge in [0.15, 0.2) is 0 Å². The molecule has 4 rings (SSSR count). The van der Waals surface area contributed by atoms with Crippen molar-refractivity contribution in [1.82, 2.24) is 14.9 Å². The van der Waals surface area contributed by atoms with Crippen molar-refractivity contribution in [1.29, 1.82) is 0 Å². The van der Waals surface area contributed by atoms with E-state index in [4.69, 9.17) is 4.74 Å². The first-order chi connectivity index (χ1) is 14.3. The van der Waals surface area contributed by atoms with Crippen LogP contribution in [0.2, 0.25) is 0 Å². The highest BCUT2D eigenvalue weighted by molar-refractivity contribution is 7.18. The van der Waals surface area contributed by atoms with Gasteiger partial charge in [-0.05, 0) is 51.3 Å². The number of likely N-dealkylation sites (tertiary alicyclic amines) is 1. The molecule has 2 aromatic heterocycles. The lowest BCUT2D eigenvalue weighted by atomic mass is 10.1. The maximum atomic E-state index is 13.6. The summed E-state index contributed by atoms with van der Waals surface area (Å²) in [6.07, 6.45) is 2.90. The highest BCUT2D eigenvalue weighted by Gasteiger charge is 2.27. The average molecular weight is 429 g/mol. The lowest BCUT2D eigenvalue weighted by Gasteiger charge is -2.33. The molecule has 0 bridgehead atoms. The highest BCUT2D eigenvalue weighted by atomic mass is 32.1. The first kappa shape index (κ1) is 20.5. The van der Waals surface area contributed by atoms with Crippen molar-refractivity contribution in [3.63, 3.8) is 0 Å². The maximum Gasteiger partial charge on any atom is 0.410 e. The number of thiophene rings is 1. The van der Waals surface area contributed by atoms with Crippen molar-refractivity contribution in [2.45, 2.75) is 45.3 Å². The van der Waals surface area contributed by atoms with E-state index >= 15 is 0 Å². The normalized spacial score (nSPS) is 15.4. The molecule has 1 amide bonds. The van der Waals surface area contributed by atoms with Gasteiger partial charge in [-0.15, -0.1) is 11.3 Å². The number of ether oxygens (including phenoxy) is 1. The predicted octanol–water partition coefficient (Wildman–Crippen LogP) is 5.31. The number of fused-ring (bicyclic) bond motifs is 1. The zero-order valence-electron chi connectivity index (χ0n) is 17.3. The highest BCUT2D eigenvalue weighted by Crippen LogP contribution is 2.36. The number of nitrogens with zero attached hydrogens (tertiary/aromatic N) is 3. The van der Waals surface area contributed by atoms with Crippen LogP contribution in [0.15, 0.2) is 36.0 Å². The van der Waals surface area contributed by atoms with Gasteiger partial charge in [-0.2, -0.15) is 0 Å². The molecule has 0 atom stereocenters. The number of amides is 1. The Bertz CT molecular complexity index is 1050. The SMILES string of the molecule is CC(C)(C)OC(=O)N1CCC(Nc2ncnc3c(-c4cccc(F)c4)csc23)CC1. The minimum atomic E-state index is -0.489. The molecular weight excluding hydrogens is 403 g/mol. The minimum absolute atomic E-state index is 0.210. The van der Waals surface area contributed by atoms with Gasteiger partial charge in [-0.25, -0.2) is 19.2 Å². The standard InChI is InChI=1S/C22H25FN4O2S/c1-22(2,3)29-21(28)27-9-7-16(8-10-27)26-20-19-18(24-13-25-20)17(12-30-19)14-5-4-6-15(23)11-14/h4-6,11-13,16H,7-10H2,1-3H3,(H,24,25,26). The third kappa shape index (κ3) is 4.53. The first-order valence-corrected chi connectivity index (χ1v) is 10.9. The van der Waals surface area contributed by atoms with E-state index in [0.717, 1.165) is 40.0 Å². The Balaban J connectivity index is 1.46. The summed E-state index contributed by atoms with van der Waals surface area (Å²) in [5.41, 5.74) is 2.03. The molecule has 1 N–H and O–H groups in total. The second-order valence-electron chi connectivity index (χ2n) is 8.45. The van der Waals surface area contributed by atoms with Crippen LogP contribution in [-0.2, 0) is 4.74 Å². The Morgan fingerprint density at radius 1 is 1.27 bits per heavy atom. The number of piperidine rings is 1. The van der Waals surface area contributed by atoms with Crippen LogP contribution in [-0.4, -0.2) is 45.7 Å². The molecule has 1 saturated heterocycles. The Labute approximate surface area is 179 Å². The van der Waals surface area contributed by atoms with Crippen LogP contribution in [0.25, 0.3) is 21.3 Å². The Morgan fingerprint density at radius 3 is 2.73 bits per heavy atom. The summed E-state index contributed by atoms with van der Waals surface area (Å²) in [6.45, 7) is 6.90. The number of rotatable bonds is 3. The number of hydrogen-bond donors (Lipinski definition) is 1. The third-order valence-electron chi connectivity index (χ3n) is 4.98. The summed E-state index contributed by atoms with van der Waals surface area (Å²) in [5.74, 6) is 0.513. The van der Waals surface area contributed by atoms with E-state index in [0.29, 0.717) is 13.1 Å². The van der Waals surface area contributed by atoms with Gasteiger partial charge in [0.25, 0.3) is 0 Å². The van der Waals surface area contributed by atoms with Crippen LogP contribution in [0.1, 0.15) is 33.6 Å². The monoisotopic (exact) mass is 428 g/mol. The third-order valence-corrected chi connectivity index (χ3v) is 5.95. The van der Waals surface area contributed by atoms with Crippen LogP contribution in [0.5, 0.6) is 0 Å². The van der Waals surface area contributed by atoms with E-state index < -0.39 is 5.60 Å². The van der Waals surface area contributed by atoms with Crippen LogP contribution in [0.3, 0.4) is 0 Å². The quantitative estimate of drug-likeness (QED) is 0.612. The number of hydrogen-bond acceptors (Lipinski definition) is 6. The summed E-state index contributed by atoms with van der Waals surface area (Å²) in [4.78, 5) is 22.9. The Morgan fingerprint density at radius 2 is 2.03 bits per heavy atom. The molecule has 0 radical (unpaired) electrons. The molecule has 8 heteroatoms. The lowest BCUT2D eigenvalue weighted by Crippen LogP contribution is -2.44. The molecule has 1 aliphatic heterocycles. The molecule has 6 nitrogen and oxygen atoms in total. The van der Waals surface area contributed by atoms with Gasteiger partial charge in [-0.1, -0.05) is 12.1 Å². The fraction of sp³-hybridized carbons (Fsp3) is 0.409. The van der Waals surface area contributed by atoms with Crippen molar-refractivity contribution in [2.75, 3.05) is 18.4 Å². The smallest absolute Gasteiger partial charge is 0.410 e. The topological polar surface area (TPSA) is 67.3 Å². The van der Waals surface area contributed by atoms with E-state index in [2.05, 4.69) is 15.3 Å². The predicted molar refractivity (Wildman–Crippen MR) is 117 cm³/mol. The van der Waals surface area contributed by atoms with Crippen LogP contribution in [0.4, 0.5) is 15.0 Å². The largest absolute Gasteiger partial charge is 0.444 e. The van der Waals surface area contributed by atoms with E-state index in [1.54, 1.807) is 22.3 Å². The van der Waals surface area contributed by atoms with Gasteiger partial charge >= 0.3 is 6.09 Å². The number of carbonyl (C=O) groups excluding carboxylic acids is 1. The second kappa shape index (κ2) is 8.18. The minimum Gasteiger partial charge on any atom is -0.444 e. The van der Waals surface area contributed by atoms with Crippen LogP contribution >= 0.6 is 11.3 Å². The van der Waals surface area contributed by atoms with Crippen molar-refractivity contribution in [3.05, 3.63) is 41.8 Å². The van der Waals surface area contributed by atoms with Gasteiger partial charge in [0.2, 0.25) is 0 Å². The molecule has 3 heterocycles. The molecule has 158 valence electrons.